The third-order valence-electron chi connectivity index (χ3n) is 5.28. The zero-order valence-corrected chi connectivity index (χ0v) is 16.8. The number of benzene rings is 1. The van der Waals surface area contributed by atoms with Gasteiger partial charge in [-0.05, 0) is 30.2 Å². The molecule has 4 rings (SSSR count). The first kappa shape index (κ1) is 19.4. The Hall–Kier alpha value is -2.88. The van der Waals surface area contributed by atoms with Crippen molar-refractivity contribution in [1.82, 2.24) is 14.9 Å². The van der Waals surface area contributed by atoms with Crippen LogP contribution in [0.5, 0.6) is 5.88 Å². The van der Waals surface area contributed by atoms with Gasteiger partial charge >= 0.3 is 6.09 Å². The number of carboxylic acid groups (broad SMARTS) is 1. The highest BCUT2D eigenvalue weighted by Gasteiger charge is 2.26. The fourth-order valence-corrected chi connectivity index (χ4v) is 4.40. The summed E-state index contributed by atoms with van der Waals surface area (Å²) in [5.74, 6) is 1.13. The van der Waals surface area contributed by atoms with Gasteiger partial charge in [0.1, 0.15) is 18.2 Å². The molecule has 1 saturated heterocycles. The SMILES string of the molecule is CS(=O)(=O)c1ccc2c(c1)CCN2c1cc(OC2CCN(C(=O)O)CC2)ncn1. The van der Waals surface area contributed by atoms with E-state index in [0.29, 0.717) is 49.1 Å². The van der Waals surface area contributed by atoms with Crippen molar-refractivity contribution in [2.24, 2.45) is 0 Å². The highest BCUT2D eigenvalue weighted by molar-refractivity contribution is 7.90. The van der Waals surface area contributed by atoms with E-state index in [9.17, 15) is 13.2 Å². The number of ether oxygens (including phenoxy) is 1. The maximum atomic E-state index is 11.8. The van der Waals surface area contributed by atoms with Crippen LogP contribution in [0.2, 0.25) is 0 Å². The minimum Gasteiger partial charge on any atom is -0.474 e. The molecular weight excluding hydrogens is 396 g/mol. The highest BCUT2D eigenvalue weighted by atomic mass is 32.2. The Balaban J connectivity index is 1.49. The average molecular weight is 418 g/mol. The number of rotatable bonds is 4. The Labute approximate surface area is 168 Å². The summed E-state index contributed by atoms with van der Waals surface area (Å²) in [4.78, 5) is 23.3. The molecule has 1 fully saturated rings. The van der Waals surface area contributed by atoms with Crippen LogP contribution < -0.4 is 9.64 Å². The van der Waals surface area contributed by atoms with Gasteiger partial charge in [0.05, 0.1) is 4.90 Å². The Kier molecular flexibility index (Phi) is 5.03. The lowest BCUT2D eigenvalue weighted by molar-refractivity contribution is 0.0870. The van der Waals surface area contributed by atoms with Crippen LogP contribution in [-0.2, 0) is 16.3 Å². The maximum Gasteiger partial charge on any atom is 0.407 e. The van der Waals surface area contributed by atoms with Crippen LogP contribution in [0, 0.1) is 0 Å². The van der Waals surface area contributed by atoms with Gasteiger partial charge < -0.3 is 19.6 Å². The van der Waals surface area contributed by atoms with Crippen LogP contribution in [0.25, 0.3) is 0 Å². The minimum atomic E-state index is -3.24. The number of piperidine rings is 1. The van der Waals surface area contributed by atoms with E-state index in [-0.39, 0.29) is 6.10 Å². The second-order valence-electron chi connectivity index (χ2n) is 7.27. The number of fused-ring (bicyclic) bond motifs is 1. The summed E-state index contributed by atoms with van der Waals surface area (Å²) in [6.07, 6.45) is 3.62. The number of sulfone groups is 1. The summed E-state index contributed by atoms with van der Waals surface area (Å²) in [7, 11) is -3.24. The molecule has 0 saturated carbocycles. The van der Waals surface area contributed by atoms with Crippen molar-refractivity contribution in [2.45, 2.75) is 30.3 Å². The lowest BCUT2D eigenvalue weighted by atomic mass is 10.1. The standard InChI is InChI=1S/C19H22N4O5S/c1-29(26,27)15-2-3-16-13(10-15)4-9-23(16)17-11-18(21-12-20-17)28-14-5-7-22(8-6-14)19(24)25/h2-3,10-12,14H,4-9H2,1H3,(H,24,25). The first-order valence-electron chi connectivity index (χ1n) is 9.38. The fraction of sp³-hybridized carbons (Fsp3) is 0.421. The van der Waals surface area contributed by atoms with Crippen LogP contribution in [0.4, 0.5) is 16.3 Å². The Morgan fingerprint density at radius 3 is 2.62 bits per heavy atom. The van der Waals surface area contributed by atoms with Gasteiger partial charge in [-0.1, -0.05) is 0 Å². The molecule has 3 heterocycles. The summed E-state index contributed by atoms with van der Waals surface area (Å²) in [5.41, 5.74) is 1.90. The smallest absolute Gasteiger partial charge is 0.407 e. The van der Waals surface area contributed by atoms with E-state index in [1.807, 2.05) is 11.0 Å². The zero-order valence-electron chi connectivity index (χ0n) is 16.0. The molecule has 0 spiro atoms. The molecule has 0 radical (unpaired) electrons. The fourth-order valence-electron chi connectivity index (χ4n) is 3.72. The molecule has 0 unspecified atom stereocenters. The summed E-state index contributed by atoms with van der Waals surface area (Å²) in [6.45, 7) is 1.58. The van der Waals surface area contributed by atoms with E-state index in [4.69, 9.17) is 9.84 Å². The predicted molar refractivity (Wildman–Crippen MR) is 106 cm³/mol. The van der Waals surface area contributed by atoms with Crippen LogP contribution in [0.1, 0.15) is 18.4 Å². The number of amides is 1. The molecule has 154 valence electrons. The number of anilines is 2. The molecule has 1 amide bonds. The van der Waals surface area contributed by atoms with Crippen molar-refractivity contribution in [3.63, 3.8) is 0 Å². The number of nitrogens with zero attached hydrogens (tertiary/aromatic N) is 4. The molecule has 0 aliphatic carbocycles. The number of aromatic nitrogens is 2. The van der Waals surface area contributed by atoms with Crippen LogP contribution >= 0.6 is 0 Å². The summed E-state index contributed by atoms with van der Waals surface area (Å²) in [6, 6.07) is 6.91. The Morgan fingerprint density at radius 2 is 1.93 bits per heavy atom. The van der Waals surface area contributed by atoms with Crippen LogP contribution in [0.15, 0.2) is 35.5 Å². The van der Waals surface area contributed by atoms with Crippen molar-refractivity contribution >= 4 is 27.4 Å². The van der Waals surface area contributed by atoms with Gasteiger partial charge in [0.2, 0.25) is 5.88 Å². The molecule has 29 heavy (non-hydrogen) atoms. The molecule has 1 aromatic heterocycles. The van der Waals surface area contributed by atoms with Gasteiger partial charge in [-0.15, -0.1) is 0 Å². The van der Waals surface area contributed by atoms with Crippen molar-refractivity contribution in [1.29, 1.82) is 0 Å². The van der Waals surface area contributed by atoms with Gasteiger partial charge in [0, 0.05) is 50.5 Å². The highest BCUT2D eigenvalue weighted by Crippen LogP contribution is 2.35. The summed E-state index contributed by atoms with van der Waals surface area (Å²) < 4.78 is 29.5. The van der Waals surface area contributed by atoms with E-state index in [2.05, 4.69) is 9.97 Å². The summed E-state index contributed by atoms with van der Waals surface area (Å²) >= 11 is 0. The van der Waals surface area contributed by atoms with Gasteiger partial charge in [0.25, 0.3) is 0 Å². The van der Waals surface area contributed by atoms with E-state index in [0.717, 1.165) is 17.7 Å². The van der Waals surface area contributed by atoms with E-state index >= 15 is 0 Å². The maximum absolute atomic E-state index is 11.8. The van der Waals surface area contributed by atoms with Crippen molar-refractivity contribution in [3.05, 3.63) is 36.2 Å². The molecule has 10 heteroatoms. The van der Waals surface area contributed by atoms with Crippen molar-refractivity contribution in [3.8, 4) is 5.88 Å². The number of hydrogen-bond donors (Lipinski definition) is 1. The molecule has 9 nitrogen and oxygen atoms in total. The lowest BCUT2D eigenvalue weighted by Gasteiger charge is -2.30. The Morgan fingerprint density at radius 1 is 1.17 bits per heavy atom. The normalized spacial score (nSPS) is 17.3. The third-order valence-corrected chi connectivity index (χ3v) is 6.39. The quantitative estimate of drug-likeness (QED) is 0.803. The van der Waals surface area contributed by atoms with Crippen molar-refractivity contribution in [2.75, 3.05) is 30.8 Å². The monoisotopic (exact) mass is 418 g/mol. The first-order chi connectivity index (χ1) is 13.8. The lowest BCUT2D eigenvalue weighted by Crippen LogP contribution is -2.41. The predicted octanol–water partition coefficient (Wildman–Crippen LogP) is 2.10. The van der Waals surface area contributed by atoms with Crippen molar-refractivity contribution < 1.29 is 23.1 Å². The molecular formula is C19H22N4O5S. The van der Waals surface area contributed by atoms with Gasteiger partial charge in [-0.3, -0.25) is 0 Å². The van der Waals surface area contributed by atoms with E-state index < -0.39 is 15.9 Å². The zero-order chi connectivity index (χ0) is 20.6. The summed E-state index contributed by atoms with van der Waals surface area (Å²) in [5, 5.41) is 9.04. The van der Waals surface area contributed by atoms with Crippen LogP contribution in [-0.4, -0.2) is 66.5 Å². The third kappa shape index (κ3) is 4.12. The minimum absolute atomic E-state index is 0.0865. The van der Waals surface area contributed by atoms with Crippen LogP contribution in [0.3, 0.4) is 0 Å². The first-order valence-corrected chi connectivity index (χ1v) is 11.3. The van der Waals surface area contributed by atoms with Gasteiger partial charge in [-0.2, -0.15) is 0 Å². The number of carbonyl (C=O) groups is 1. The Bertz CT molecular complexity index is 1030. The molecule has 0 atom stereocenters. The molecule has 1 N–H and O–H groups in total. The molecule has 2 aromatic rings. The van der Waals surface area contributed by atoms with E-state index in [1.165, 1.54) is 17.5 Å². The topological polar surface area (TPSA) is 113 Å². The van der Waals surface area contributed by atoms with Gasteiger partial charge in [-0.25, -0.2) is 23.2 Å². The second kappa shape index (κ2) is 7.51. The molecule has 1 aromatic carbocycles. The van der Waals surface area contributed by atoms with E-state index in [1.54, 1.807) is 18.2 Å². The molecule has 2 aliphatic heterocycles. The number of likely N-dealkylation sites (tertiary alicyclic amines) is 1. The number of hydrogen-bond acceptors (Lipinski definition) is 7. The van der Waals surface area contributed by atoms with Gasteiger partial charge in [0.15, 0.2) is 9.84 Å². The largest absolute Gasteiger partial charge is 0.474 e. The molecule has 0 bridgehead atoms. The second-order valence-corrected chi connectivity index (χ2v) is 9.28. The molecule has 2 aliphatic rings. The average Bonchev–Trinajstić information content (AvgIpc) is 3.11.